The van der Waals surface area contributed by atoms with E-state index in [9.17, 15) is 0 Å². The first-order valence-electron chi connectivity index (χ1n) is 4.47. The van der Waals surface area contributed by atoms with Crippen molar-refractivity contribution in [2.45, 2.75) is 13.3 Å². The van der Waals surface area contributed by atoms with Crippen LogP contribution < -0.4 is 4.74 Å². The Labute approximate surface area is 93.6 Å². The summed E-state index contributed by atoms with van der Waals surface area (Å²) in [6.45, 7) is 2.05. The Balaban J connectivity index is 2.91. The molecule has 0 fully saturated rings. The van der Waals surface area contributed by atoms with Gasteiger partial charge >= 0.3 is 0 Å². The smallest absolute Gasteiger partial charge is 0.120 e. The van der Waals surface area contributed by atoms with E-state index in [1.54, 1.807) is 7.11 Å². The van der Waals surface area contributed by atoms with E-state index >= 15 is 0 Å². The predicted octanol–water partition coefficient (Wildman–Crippen LogP) is 3.14. The molecule has 14 heavy (non-hydrogen) atoms. The molecule has 0 aromatic heterocycles. The van der Waals surface area contributed by atoms with Crippen molar-refractivity contribution >= 4 is 15.9 Å². The van der Waals surface area contributed by atoms with Crippen molar-refractivity contribution in [3.63, 3.8) is 0 Å². The SMILES string of the molecule is COc1ccc(C)c(C#CCCBr)c1. The Morgan fingerprint density at radius 1 is 1.43 bits per heavy atom. The minimum Gasteiger partial charge on any atom is -0.497 e. The lowest BCUT2D eigenvalue weighted by atomic mass is 10.1. The maximum absolute atomic E-state index is 5.14. The molecule has 0 N–H and O–H groups in total. The van der Waals surface area contributed by atoms with Gasteiger partial charge in [-0.2, -0.15) is 0 Å². The highest BCUT2D eigenvalue weighted by molar-refractivity contribution is 9.09. The first-order valence-corrected chi connectivity index (χ1v) is 5.59. The Morgan fingerprint density at radius 2 is 2.21 bits per heavy atom. The molecule has 0 atom stereocenters. The largest absolute Gasteiger partial charge is 0.497 e. The van der Waals surface area contributed by atoms with Gasteiger partial charge in [0.15, 0.2) is 0 Å². The van der Waals surface area contributed by atoms with Crippen molar-refractivity contribution in [3.05, 3.63) is 29.3 Å². The molecular weight excluding hydrogens is 240 g/mol. The van der Waals surface area contributed by atoms with Crippen LogP contribution >= 0.6 is 15.9 Å². The second-order valence-electron chi connectivity index (χ2n) is 2.92. The molecular formula is C12H13BrO. The number of hydrogen-bond donors (Lipinski definition) is 0. The summed E-state index contributed by atoms with van der Waals surface area (Å²) in [6, 6.07) is 5.94. The normalized spacial score (nSPS) is 9.07. The van der Waals surface area contributed by atoms with Crippen LogP contribution in [0.2, 0.25) is 0 Å². The molecule has 74 valence electrons. The van der Waals surface area contributed by atoms with Crippen molar-refractivity contribution in [2.75, 3.05) is 12.4 Å². The van der Waals surface area contributed by atoms with Crippen LogP contribution in [0.5, 0.6) is 5.75 Å². The van der Waals surface area contributed by atoms with Gasteiger partial charge in [-0.25, -0.2) is 0 Å². The van der Waals surface area contributed by atoms with Crippen LogP contribution in [0, 0.1) is 18.8 Å². The molecule has 1 aromatic carbocycles. The van der Waals surface area contributed by atoms with Crippen molar-refractivity contribution in [3.8, 4) is 17.6 Å². The minimum absolute atomic E-state index is 0.860. The highest BCUT2D eigenvalue weighted by Gasteiger charge is 1.96. The number of alkyl halides is 1. The number of halogens is 1. The van der Waals surface area contributed by atoms with Crippen molar-refractivity contribution in [1.82, 2.24) is 0 Å². The van der Waals surface area contributed by atoms with Gasteiger partial charge in [0.1, 0.15) is 5.75 Å². The third kappa shape index (κ3) is 3.08. The van der Waals surface area contributed by atoms with Crippen LogP contribution in [0.4, 0.5) is 0 Å². The average molecular weight is 253 g/mol. The summed E-state index contributed by atoms with van der Waals surface area (Å²) in [4.78, 5) is 0. The second kappa shape index (κ2) is 5.72. The van der Waals surface area contributed by atoms with Crippen LogP contribution in [0.1, 0.15) is 17.5 Å². The second-order valence-corrected chi connectivity index (χ2v) is 3.71. The van der Waals surface area contributed by atoms with Gasteiger partial charge < -0.3 is 4.74 Å². The van der Waals surface area contributed by atoms with E-state index in [0.717, 1.165) is 23.1 Å². The van der Waals surface area contributed by atoms with Gasteiger partial charge in [0.2, 0.25) is 0 Å². The molecule has 0 unspecified atom stereocenters. The average Bonchev–Trinajstić information content (AvgIpc) is 2.21. The van der Waals surface area contributed by atoms with E-state index in [-0.39, 0.29) is 0 Å². The van der Waals surface area contributed by atoms with Gasteiger partial charge in [-0.3, -0.25) is 0 Å². The van der Waals surface area contributed by atoms with E-state index in [2.05, 4.69) is 34.7 Å². The van der Waals surface area contributed by atoms with E-state index in [4.69, 9.17) is 4.74 Å². The maximum Gasteiger partial charge on any atom is 0.120 e. The number of benzene rings is 1. The zero-order valence-corrected chi connectivity index (χ0v) is 10.0. The monoisotopic (exact) mass is 252 g/mol. The molecule has 2 heteroatoms. The fourth-order valence-electron chi connectivity index (χ4n) is 1.07. The summed E-state index contributed by atoms with van der Waals surface area (Å²) in [7, 11) is 1.67. The third-order valence-corrected chi connectivity index (χ3v) is 2.28. The van der Waals surface area contributed by atoms with Gasteiger partial charge in [-0.1, -0.05) is 33.8 Å². The Hall–Kier alpha value is -0.940. The molecule has 0 aliphatic rings. The number of ether oxygens (including phenoxy) is 1. The van der Waals surface area contributed by atoms with Crippen LogP contribution in [0.25, 0.3) is 0 Å². The lowest BCUT2D eigenvalue weighted by Crippen LogP contribution is -1.86. The zero-order chi connectivity index (χ0) is 10.4. The number of methoxy groups -OCH3 is 1. The van der Waals surface area contributed by atoms with Crippen molar-refractivity contribution in [2.24, 2.45) is 0 Å². The molecule has 0 aliphatic heterocycles. The van der Waals surface area contributed by atoms with Crippen LogP contribution in [0.3, 0.4) is 0 Å². The molecule has 0 saturated carbocycles. The molecule has 0 amide bonds. The Kier molecular flexibility index (Phi) is 4.55. The standard InChI is InChI=1S/C12H13BrO/c1-10-6-7-12(14-2)9-11(10)5-3-4-8-13/h6-7,9H,4,8H2,1-2H3. The van der Waals surface area contributed by atoms with Gasteiger partial charge in [-0.05, 0) is 24.6 Å². The molecule has 0 spiro atoms. The van der Waals surface area contributed by atoms with Gasteiger partial charge in [0.05, 0.1) is 7.11 Å². The van der Waals surface area contributed by atoms with Gasteiger partial charge in [0, 0.05) is 17.3 Å². The molecule has 1 nitrogen and oxygen atoms in total. The lowest BCUT2D eigenvalue weighted by Gasteiger charge is -2.02. The summed E-state index contributed by atoms with van der Waals surface area (Å²) >= 11 is 3.34. The van der Waals surface area contributed by atoms with E-state index < -0.39 is 0 Å². The van der Waals surface area contributed by atoms with Crippen LogP contribution in [0.15, 0.2) is 18.2 Å². The van der Waals surface area contributed by atoms with Crippen molar-refractivity contribution in [1.29, 1.82) is 0 Å². The fraction of sp³-hybridized carbons (Fsp3) is 0.333. The first kappa shape index (κ1) is 11.1. The quantitative estimate of drug-likeness (QED) is 0.581. The predicted molar refractivity (Wildman–Crippen MR) is 63.0 cm³/mol. The lowest BCUT2D eigenvalue weighted by molar-refractivity contribution is 0.414. The topological polar surface area (TPSA) is 9.23 Å². The molecule has 0 aliphatic carbocycles. The van der Waals surface area contributed by atoms with Crippen LogP contribution in [-0.4, -0.2) is 12.4 Å². The van der Waals surface area contributed by atoms with Crippen LogP contribution in [-0.2, 0) is 0 Å². The molecule has 0 radical (unpaired) electrons. The zero-order valence-electron chi connectivity index (χ0n) is 8.43. The Morgan fingerprint density at radius 3 is 2.86 bits per heavy atom. The summed E-state index contributed by atoms with van der Waals surface area (Å²) < 4.78 is 5.14. The van der Waals surface area contributed by atoms with E-state index in [1.807, 2.05) is 18.2 Å². The summed E-state index contributed by atoms with van der Waals surface area (Å²) in [5.74, 6) is 7.08. The minimum atomic E-state index is 0.860. The molecule has 0 heterocycles. The number of hydrogen-bond acceptors (Lipinski definition) is 1. The Bertz CT molecular complexity index is 360. The van der Waals surface area contributed by atoms with E-state index in [1.165, 1.54) is 5.56 Å². The molecule has 0 saturated heterocycles. The fourth-order valence-corrected chi connectivity index (χ4v) is 1.27. The van der Waals surface area contributed by atoms with Crippen molar-refractivity contribution < 1.29 is 4.74 Å². The summed E-state index contributed by atoms with van der Waals surface area (Å²) in [5, 5.41) is 0.920. The highest BCUT2D eigenvalue weighted by Crippen LogP contribution is 2.15. The number of rotatable bonds is 2. The first-order chi connectivity index (χ1) is 6.77. The van der Waals surface area contributed by atoms with Gasteiger partial charge in [0.25, 0.3) is 0 Å². The molecule has 1 rings (SSSR count). The molecule has 0 bridgehead atoms. The van der Waals surface area contributed by atoms with E-state index in [0.29, 0.717) is 0 Å². The maximum atomic E-state index is 5.14. The third-order valence-electron chi connectivity index (χ3n) is 1.89. The molecule has 1 aromatic rings. The highest BCUT2D eigenvalue weighted by atomic mass is 79.9. The summed E-state index contributed by atoms with van der Waals surface area (Å²) in [6.07, 6.45) is 0.872. The van der Waals surface area contributed by atoms with Gasteiger partial charge in [-0.15, -0.1) is 0 Å². The summed E-state index contributed by atoms with van der Waals surface area (Å²) in [5.41, 5.74) is 2.23. The number of aryl methyl sites for hydroxylation is 1.